The first-order chi connectivity index (χ1) is 15.4. The summed E-state index contributed by atoms with van der Waals surface area (Å²) in [6.45, 7) is 11.1. The normalized spacial score (nSPS) is 13.6. The molecule has 2 rings (SSSR count). The molecule has 0 radical (unpaired) electrons. The van der Waals surface area contributed by atoms with Crippen LogP contribution in [0.2, 0.25) is 0 Å². The average Bonchev–Trinajstić information content (AvgIpc) is 2.68. The van der Waals surface area contributed by atoms with Gasteiger partial charge in [0.25, 0.3) is 0 Å². The number of nitrogens with one attached hydrogen (secondary N) is 2. The summed E-state index contributed by atoms with van der Waals surface area (Å²) in [4.78, 5) is 11.6. The summed E-state index contributed by atoms with van der Waals surface area (Å²) < 4.78 is 26.9. The molecule has 0 bridgehead atoms. The molecule has 0 fully saturated rings. The lowest BCUT2D eigenvalue weighted by atomic mass is 9.87. The number of aryl methyl sites for hydroxylation is 2. The summed E-state index contributed by atoms with van der Waals surface area (Å²) in [6, 6.07) is 9.48. The number of aliphatic hydroxyl groups is 1. The van der Waals surface area contributed by atoms with Gasteiger partial charge < -0.3 is 15.7 Å². The molecule has 3 N–H and O–H groups in total. The Morgan fingerprint density at radius 2 is 1.58 bits per heavy atom. The molecule has 0 aliphatic carbocycles. The van der Waals surface area contributed by atoms with Crippen molar-refractivity contribution in [2.45, 2.75) is 79.0 Å². The second-order valence-electron chi connectivity index (χ2n) is 10.1. The third-order valence-corrected chi connectivity index (χ3v) is 5.46. The summed E-state index contributed by atoms with van der Waals surface area (Å²) >= 11 is 0. The molecule has 0 heterocycles. The number of rotatable bonds is 11. The fourth-order valence-corrected chi connectivity index (χ4v) is 4.07. The standard InChI is InChI=1S/C27H38F2N2O2/c1-6-19-9-21(15-27(3,4)5)11-22(10-19)16-30-17-26(33)25(31-18(2)32)8-7-20-12-23(28)14-24(29)13-20/h9-14,25-26,30,33H,6-8,15-17H2,1-5H3,(H,31,32)/t25-,26+/m0/s1. The van der Waals surface area contributed by atoms with Crippen LogP contribution >= 0.6 is 0 Å². The van der Waals surface area contributed by atoms with Crippen LogP contribution in [-0.2, 0) is 30.6 Å². The van der Waals surface area contributed by atoms with Gasteiger partial charge in [0.05, 0.1) is 12.1 Å². The highest BCUT2D eigenvalue weighted by Crippen LogP contribution is 2.23. The molecule has 1 amide bonds. The summed E-state index contributed by atoms with van der Waals surface area (Å²) in [5.41, 5.74) is 4.44. The Hall–Kier alpha value is -2.31. The number of benzene rings is 2. The van der Waals surface area contributed by atoms with E-state index in [9.17, 15) is 18.7 Å². The summed E-state index contributed by atoms with van der Waals surface area (Å²) in [7, 11) is 0. The minimum Gasteiger partial charge on any atom is -0.390 e. The zero-order valence-corrected chi connectivity index (χ0v) is 20.5. The number of hydrogen-bond acceptors (Lipinski definition) is 3. The van der Waals surface area contributed by atoms with Crippen molar-refractivity contribution in [3.05, 3.63) is 70.3 Å². The van der Waals surface area contributed by atoms with Crippen LogP contribution in [0.1, 0.15) is 63.3 Å². The van der Waals surface area contributed by atoms with E-state index in [0.29, 0.717) is 24.9 Å². The molecular formula is C27H38F2N2O2. The molecule has 2 aromatic rings. The lowest BCUT2D eigenvalue weighted by Crippen LogP contribution is -2.47. The molecule has 0 aromatic heterocycles. The van der Waals surface area contributed by atoms with Crippen molar-refractivity contribution in [1.29, 1.82) is 0 Å². The van der Waals surface area contributed by atoms with Gasteiger partial charge in [0, 0.05) is 26.1 Å². The van der Waals surface area contributed by atoms with Gasteiger partial charge in [-0.25, -0.2) is 8.78 Å². The van der Waals surface area contributed by atoms with Gasteiger partial charge in [-0.1, -0.05) is 45.9 Å². The van der Waals surface area contributed by atoms with E-state index in [1.807, 2.05) is 0 Å². The van der Waals surface area contributed by atoms with E-state index in [0.717, 1.165) is 24.5 Å². The monoisotopic (exact) mass is 460 g/mol. The minimum absolute atomic E-state index is 0.198. The number of carbonyl (C=O) groups is 1. The first kappa shape index (κ1) is 26.9. The topological polar surface area (TPSA) is 61.4 Å². The zero-order chi connectivity index (χ0) is 24.6. The maximum Gasteiger partial charge on any atom is 0.217 e. The van der Waals surface area contributed by atoms with Crippen LogP contribution in [0.5, 0.6) is 0 Å². The van der Waals surface area contributed by atoms with Crippen LogP contribution in [0.3, 0.4) is 0 Å². The molecule has 33 heavy (non-hydrogen) atoms. The largest absolute Gasteiger partial charge is 0.390 e. The Bertz CT molecular complexity index is 905. The smallest absolute Gasteiger partial charge is 0.217 e. The Morgan fingerprint density at radius 1 is 0.970 bits per heavy atom. The third kappa shape index (κ3) is 10.0. The number of hydrogen-bond donors (Lipinski definition) is 3. The minimum atomic E-state index is -0.837. The molecule has 2 aromatic carbocycles. The number of aliphatic hydroxyl groups excluding tert-OH is 1. The first-order valence-corrected chi connectivity index (χ1v) is 11.7. The zero-order valence-electron chi connectivity index (χ0n) is 20.5. The quantitative estimate of drug-likeness (QED) is 0.455. The van der Waals surface area contributed by atoms with Gasteiger partial charge in [-0.2, -0.15) is 0 Å². The Kier molecular flexibility index (Phi) is 9.99. The van der Waals surface area contributed by atoms with E-state index in [4.69, 9.17) is 0 Å². The summed E-state index contributed by atoms with van der Waals surface area (Å²) in [5, 5.41) is 16.8. The van der Waals surface area contributed by atoms with Crippen LogP contribution < -0.4 is 10.6 Å². The molecule has 4 nitrogen and oxygen atoms in total. The van der Waals surface area contributed by atoms with E-state index in [1.54, 1.807) is 0 Å². The Balaban J connectivity index is 1.98. The van der Waals surface area contributed by atoms with E-state index >= 15 is 0 Å². The van der Waals surface area contributed by atoms with Crippen LogP contribution in [0.15, 0.2) is 36.4 Å². The molecule has 182 valence electrons. The van der Waals surface area contributed by atoms with Crippen molar-refractivity contribution in [3.8, 4) is 0 Å². The van der Waals surface area contributed by atoms with Gasteiger partial charge in [0.2, 0.25) is 5.91 Å². The van der Waals surface area contributed by atoms with Gasteiger partial charge in [-0.3, -0.25) is 4.79 Å². The maximum atomic E-state index is 13.5. The SMILES string of the molecule is CCc1cc(CNC[C@@H](O)[C@H](CCc2cc(F)cc(F)c2)NC(C)=O)cc(CC(C)(C)C)c1. The second kappa shape index (κ2) is 12.2. The summed E-state index contributed by atoms with van der Waals surface area (Å²) in [5.74, 6) is -1.53. The van der Waals surface area contributed by atoms with Crippen molar-refractivity contribution in [1.82, 2.24) is 10.6 Å². The molecule has 0 aliphatic heterocycles. The summed E-state index contributed by atoms with van der Waals surface area (Å²) in [6.07, 6.45) is 1.81. The fourth-order valence-electron chi connectivity index (χ4n) is 4.07. The Labute approximate surface area is 196 Å². The van der Waals surface area contributed by atoms with Crippen molar-refractivity contribution in [3.63, 3.8) is 0 Å². The van der Waals surface area contributed by atoms with Gasteiger partial charge in [0.15, 0.2) is 0 Å². The molecule has 0 saturated carbocycles. The van der Waals surface area contributed by atoms with E-state index in [1.165, 1.54) is 30.2 Å². The van der Waals surface area contributed by atoms with Gasteiger partial charge >= 0.3 is 0 Å². The van der Waals surface area contributed by atoms with Crippen molar-refractivity contribution >= 4 is 5.91 Å². The average molecular weight is 461 g/mol. The van der Waals surface area contributed by atoms with E-state index < -0.39 is 23.8 Å². The second-order valence-corrected chi connectivity index (χ2v) is 10.1. The van der Waals surface area contributed by atoms with E-state index in [2.05, 4.69) is 56.5 Å². The van der Waals surface area contributed by atoms with Crippen LogP contribution in [0.4, 0.5) is 8.78 Å². The molecule has 2 atom stereocenters. The lowest BCUT2D eigenvalue weighted by molar-refractivity contribution is -0.120. The number of amides is 1. The van der Waals surface area contributed by atoms with Gasteiger partial charge in [0.1, 0.15) is 11.6 Å². The third-order valence-electron chi connectivity index (χ3n) is 5.46. The molecule has 0 unspecified atom stereocenters. The van der Waals surface area contributed by atoms with E-state index in [-0.39, 0.29) is 17.9 Å². The molecule has 0 saturated heterocycles. The van der Waals surface area contributed by atoms with Crippen LogP contribution in [0, 0.1) is 17.0 Å². The van der Waals surface area contributed by atoms with Crippen LogP contribution in [0.25, 0.3) is 0 Å². The van der Waals surface area contributed by atoms with Crippen LogP contribution in [-0.4, -0.2) is 29.7 Å². The molecule has 0 spiro atoms. The Morgan fingerprint density at radius 3 is 2.15 bits per heavy atom. The number of halogens is 2. The molecular weight excluding hydrogens is 422 g/mol. The highest BCUT2D eigenvalue weighted by atomic mass is 19.1. The number of carbonyl (C=O) groups excluding carboxylic acids is 1. The lowest BCUT2D eigenvalue weighted by Gasteiger charge is -2.24. The van der Waals surface area contributed by atoms with Crippen molar-refractivity contribution in [2.24, 2.45) is 5.41 Å². The highest BCUT2D eigenvalue weighted by molar-refractivity contribution is 5.73. The fraction of sp³-hybridized carbons (Fsp3) is 0.519. The van der Waals surface area contributed by atoms with Gasteiger partial charge in [-0.05, 0) is 65.5 Å². The maximum absolute atomic E-state index is 13.5. The van der Waals surface area contributed by atoms with Gasteiger partial charge in [-0.15, -0.1) is 0 Å². The predicted molar refractivity (Wildman–Crippen MR) is 129 cm³/mol. The van der Waals surface area contributed by atoms with Crippen molar-refractivity contribution < 1.29 is 18.7 Å². The van der Waals surface area contributed by atoms with Crippen molar-refractivity contribution in [2.75, 3.05) is 6.54 Å². The predicted octanol–water partition coefficient (Wildman–Crippen LogP) is 4.70. The highest BCUT2D eigenvalue weighted by Gasteiger charge is 2.20. The molecule has 6 heteroatoms. The first-order valence-electron chi connectivity index (χ1n) is 11.7. The molecule has 0 aliphatic rings.